The molecule has 1 aromatic carbocycles. The van der Waals surface area contributed by atoms with E-state index < -0.39 is 5.82 Å². The average Bonchev–Trinajstić information content (AvgIpc) is 2.34. The molecular formula is C13H15BrClFO2. The molecule has 0 bridgehead atoms. The normalized spacial score (nSPS) is 26.8. The molecule has 0 N–H and O–H groups in total. The van der Waals surface area contributed by atoms with Crippen LogP contribution in [0.15, 0.2) is 18.2 Å². The fourth-order valence-corrected chi connectivity index (χ4v) is 2.87. The monoisotopic (exact) mass is 336 g/mol. The van der Waals surface area contributed by atoms with E-state index in [1.54, 1.807) is 12.1 Å². The lowest BCUT2D eigenvalue weighted by Crippen LogP contribution is -2.52. The first-order valence-electron chi connectivity index (χ1n) is 5.99. The van der Waals surface area contributed by atoms with Gasteiger partial charge in [0.15, 0.2) is 11.6 Å². The first-order chi connectivity index (χ1) is 8.63. The second-order valence-electron chi connectivity index (χ2n) is 4.30. The van der Waals surface area contributed by atoms with Crippen LogP contribution in [0.2, 0.25) is 5.02 Å². The summed E-state index contributed by atoms with van der Waals surface area (Å²) in [4.78, 5) is 0.274. The Kier molecular flexibility index (Phi) is 4.87. The summed E-state index contributed by atoms with van der Waals surface area (Å²) < 4.78 is 25.0. The molecule has 100 valence electrons. The minimum absolute atomic E-state index is 0.0247. The summed E-state index contributed by atoms with van der Waals surface area (Å²) in [5.74, 6) is -0.316. The van der Waals surface area contributed by atoms with E-state index in [1.165, 1.54) is 6.07 Å². The zero-order valence-electron chi connectivity index (χ0n) is 10.0. The van der Waals surface area contributed by atoms with Gasteiger partial charge in [0.05, 0.1) is 5.02 Å². The van der Waals surface area contributed by atoms with Crippen molar-refractivity contribution in [3.63, 3.8) is 0 Å². The Hall–Kier alpha value is -0.320. The summed E-state index contributed by atoms with van der Waals surface area (Å²) >= 11 is 9.23. The highest BCUT2D eigenvalue weighted by atomic mass is 79.9. The SMILES string of the molecule is CCCOC1C(Br)CC1Oc1cccc(Cl)c1F. The van der Waals surface area contributed by atoms with Crippen molar-refractivity contribution in [2.75, 3.05) is 6.61 Å². The molecular weight excluding hydrogens is 322 g/mol. The molecule has 0 saturated heterocycles. The van der Waals surface area contributed by atoms with E-state index in [9.17, 15) is 4.39 Å². The topological polar surface area (TPSA) is 18.5 Å². The van der Waals surface area contributed by atoms with Crippen molar-refractivity contribution in [1.82, 2.24) is 0 Å². The Morgan fingerprint density at radius 2 is 2.28 bits per heavy atom. The molecule has 1 saturated carbocycles. The average molecular weight is 338 g/mol. The molecule has 18 heavy (non-hydrogen) atoms. The Morgan fingerprint density at radius 1 is 1.50 bits per heavy atom. The number of hydrogen-bond donors (Lipinski definition) is 0. The van der Waals surface area contributed by atoms with Crippen LogP contribution in [-0.4, -0.2) is 23.6 Å². The quantitative estimate of drug-likeness (QED) is 0.750. The van der Waals surface area contributed by atoms with Crippen molar-refractivity contribution in [3.8, 4) is 5.75 Å². The van der Waals surface area contributed by atoms with Crippen LogP contribution in [0, 0.1) is 5.82 Å². The van der Waals surface area contributed by atoms with Gasteiger partial charge < -0.3 is 9.47 Å². The molecule has 1 fully saturated rings. The van der Waals surface area contributed by atoms with Gasteiger partial charge in [-0.1, -0.05) is 40.5 Å². The lowest BCUT2D eigenvalue weighted by molar-refractivity contribution is -0.0772. The summed E-state index contributed by atoms with van der Waals surface area (Å²) in [5, 5.41) is 0.0771. The van der Waals surface area contributed by atoms with Crippen LogP contribution in [0.1, 0.15) is 19.8 Å². The molecule has 0 aliphatic heterocycles. The Balaban J connectivity index is 1.99. The minimum atomic E-state index is -0.508. The van der Waals surface area contributed by atoms with Crippen molar-refractivity contribution in [2.24, 2.45) is 0 Å². The maximum Gasteiger partial charge on any atom is 0.183 e. The second-order valence-corrected chi connectivity index (χ2v) is 5.88. The van der Waals surface area contributed by atoms with Crippen molar-refractivity contribution in [3.05, 3.63) is 29.0 Å². The smallest absolute Gasteiger partial charge is 0.183 e. The number of alkyl halides is 1. The molecule has 3 atom stereocenters. The van der Waals surface area contributed by atoms with Gasteiger partial charge in [-0.15, -0.1) is 0 Å². The molecule has 0 heterocycles. The molecule has 2 rings (SSSR count). The van der Waals surface area contributed by atoms with Crippen LogP contribution in [0.4, 0.5) is 4.39 Å². The highest BCUT2D eigenvalue weighted by molar-refractivity contribution is 9.09. The standard InChI is InChI=1S/C13H15BrClFO2/c1-2-6-17-13-8(14)7-11(13)18-10-5-3-4-9(15)12(10)16/h3-5,8,11,13H,2,6-7H2,1H3. The Labute approximate surface area is 120 Å². The molecule has 3 unspecified atom stereocenters. The van der Waals surface area contributed by atoms with Crippen LogP contribution in [-0.2, 0) is 4.74 Å². The predicted octanol–water partition coefficient (Wildman–Crippen LogP) is 4.19. The van der Waals surface area contributed by atoms with Gasteiger partial charge in [0.2, 0.25) is 0 Å². The largest absolute Gasteiger partial charge is 0.484 e. The third-order valence-electron chi connectivity index (χ3n) is 2.89. The van der Waals surface area contributed by atoms with Crippen LogP contribution in [0.25, 0.3) is 0 Å². The van der Waals surface area contributed by atoms with Gasteiger partial charge in [0.25, 0.3) is 0 Å². The lowest BCUT2D eigenvalue weighted by Gasteiger charge is -2.40. The molecule has 1 aliphatic carbocycles. The second kappa shape index (κ2) is 6.22. The predicted molar refractivity (Wildman–Crippen MR) is 73.2 cm³/mol. The Morgan fingerprint density at radius 3 is 2.94 bits per heavy atom. The maximum absolute atomic E-state index is 13.7. The lowest BCUT2D eigenvalue weighted by atomic mass is 9.91. The third-order valence-corrected chi connectivity index (χ3v) is 4.08. The maximum atomic E-state index is 13.7. The van der Waals surface area contributed by atoms with E-state index in [0.29, 0.717) is 6.61 Å². The zero-order chi connectivity index (χ0) is 13.1. The summed E-state index contributed by atoms with van der Waals surface area (Å²) in [5.41, 5.74) is 0. The van der Waals surface area contributed by atoms with Crippen molar-refractivity contribution in [2.45, 2.75) is 36.8 Å². The molecule has 1 aromatic rings. The van der Waals surface area contributed by atoms with Crippen molar-refractivity contribution in [1.29, 1.82) is 0 Å². The van der Waals surface area contributed by atoms with E-state index in [1.807, 2.05) is 0 Å². The Bertz CT molecular complexity index is 416. The van der Waals surface area contributed by atoms with Crippen molar-refractivity contribution < 1.29 is 13.9 Å². The van der Waals surface area contributed by atoms with Gasteiger partial charge in [-0.25, -0.2) is 4.39 Å². The summed E-state index contributed by atoms with van der Waals surface area (Å²) in [6.45, 7) is 2.74. The van der Waals surface area contributed by atoms with E-state index in [4.69, 9.17) is 21.1 Å². The van der Waals surface area contributed by atoms with Crippen LogP contribution >= 0.6 is 27.5 Å². The molecule has 0 radical (unpaired) electrons. The fraction of sp³-hybridized carbons (Fsp3) is 0.538. The van der Waals surface area contributed by atoms with E-state index in [0.717, 1.165) is 12.8 Å². The van der Waals surface area contributed by atoms with Crippen LogP contribution < -0.4 is 4.74 Å². The third kappa shape index (κ3) is 2.98. The van der Waals surface area contributed by atoms with Gasteiger partial charge in [0.1, 0.15) is 12.2 Å². The van der Waals surface area contributed by atoms with Gasteiger partial charge in [-0.3, -0.25) is 0 Å². The molecule has 1 aliphatic rings. The first-order valence-corrected chi connectivity index (χ1v) is 7.29. The van der Waals surface area contributed by atoms with Gasteiger partial charge in [0, 0.05) is 17.9 Å². The van der Waals surface area contributed by atoms with Crippen molar-refractivity contribution >= 4 is 27.5 Å². The minimum Gasteiger partial charge on any atom is -0.484 e. The first kappa shape index (κ1) is 14.1. The molecule has 0 aromatic heterocycles. The van der Waals surface area contributed by atoms with E-state index in [2.05, 4.69) is 22.9 Å². The highest BCUT2D eigenvalue weighted by Crippen LogP contribution is 2.35. The fourth-order valence-electron chi connectivity index (χ4n) is 1.85. The van der Waals surface area contributed by atoms with Gasteiger partial charge in [-0.05, 0) is 18.6 Å². The molecule has 0 amide bonds. The highest BCUT2D eigenvalue weighted by Gasteiger charge is 2.42. The number of hydrogen-bond acceptors (Lipinski definition) is 2. The zero-order valence-corrected chi connectivity index (χ0v) is 12.4. The van der Waals surface area contributed by atoms with Gasteiger partial charge >= 0.3 is 0 Å². The van der Waals surface area contributed by atoms with E-state index in [-0.39, 0.29) is 27.8 Å². The van der Waals surface area contributed by atoms with Gasteiger partial charge in [-0.2, -0.15) is 0 Å². The summed E-state index contributed by atoms with van der Waals surface area (Å²) in [6, 6.07) is 4.76. The van der Waals surface area contributed by atoms with Crippen LogP contribution in [0.3, 0.4) is 0 Å². The number of ether oxygens (including phenoxy) is 2. The molecule has 0 spiro atoms. The number of benzene rings is 1. The molecule has 2 nitrogen and oxygen atoms in total. The number of halogens is 3. The van der Waals surface area contributed by atoms with E-state index >= 15 is 0 Å². The summed E-state index contributed by atoms with van der Waals surface area (Å²) in [7, 11) is 0. The summed E-state index contributed by atoms with van der Waals surface area (Å²) in [6.07, 6.45) is 1.62. The van der Waals surface area contributed by atoms with Crippen LogP contribution in [0.5, 0.6) is 5.75 Å². The molecule has 5 heteroatoms. The number of rotatable bonds is 5.